The number of amides is 1. The SMILES string of the molecule is O=C(NC[C@H]1C[C@H]2c3ccccc3CCN2O1)C1CCN(c2ccc(Cl)nn2)CC1. The van der Waals surface area contributed by atoms with E-state index in [1.807, 2.05) is 6.07 Å². The lowest BCUT2D eigenvalue weighted by molar-refractivity contribution is -0.165. The Kier molecular flexibility index (Phi) is 5.58. The van der Waals surface area contributed by atoms with E-state index < -0.39 is 0 Å². The summed E-state index contributed by atoms with van der Waals surface area (Å²) in [6.45, 7) is 3.07. The van der Waals surface area contributed by atoms with Crippen LogP contribution in [-0.4, -0.2) is 53.5 Å². The van der Waals surface area contributed by atoms with E-state index >= 15 is 0 Å². The van der Waals surface area contributed by atoms with Gasteiger partial charge in [-0.15, -0.1) is 10.2 Å². The number of benzene rings is 1. The zero-order valence-corrected chi connectivity index (χ0v) is 17.6. The van der Waals surface area contributed by atoms with Gasteiger partial charge in [0.05, 0.1) is 12.1 Å². The Balaban J connectivity index is 1.10. The molecule has 2 aromatic rings. The van der Waals surface area contributed by atoms with Crippen LogP contribution >= 0.6 is 11.6 Å². The standard InChI is InChI=1S/C22H26ClN5O2/c23-20-5-6-21(26-25-20)27-10-7-16(8-11-27)22(29)24-14-17-13-19-18-4-2-1-3-15(18)9-12-28(19)30-17/h1-6,16-17,19H,7-14H2,(H,24,29)/t17-,19+/m1/s1. The molecule has 7 nitrogen and oxygen atoms in total. The summed E-state index contributed by atoms with van der Waals surface area (Å²) in [5.41, 5.74) is 2.79. The second-order valence-electron chi connectivity index (χ2n) is 8.29. The minimum Gasteiger partial charge on any atom is -0.355 e. The predicted molar refractivity (Wildman–Crippen MR) is 114 cm³/mol. The fourth-order valence-electron chi connectivity index (χ4n) is 4.81. The van der Waals surface area contributed by atoms with Crippen LogP contribution in [0.2, 0.25) is 5.15 Å². The highest BCUT2D eigenvalue weighted by Gasteiger charge is 2.38. The zero-order valence-electron chi connectivity index (χ0n) is 16.8. The monoisotopic (exact) mass is 427 g/mol. The molecular weight excluding hydrogens is 402 g/mol. The number of hydrogen-bond donors (Lipinski definition) is 1. The molecule has 1 N–H and O–H groups in total. The van der Waals surface area contributed by atoms with Crippen LogP contribution in [0.25, 0.3) is 0 Å². The largest absolute Gasteiger partial charge is 0.355 e. The third-order valence-corrected chi connectivity index (χ3v) is 6.65. The fourth-order valence-corrected chi connectivity index (χ4v) is 4.91. The van der Waals surface area contributed by atoms with Crippen molar-refractivity contribution >= 4 is 23.3 Å². The highest BCUT2D eigenvalue weighted by atomic mass is 35.5. The fraction of sp³-hybridized carbons (Fsp3) is 0.500. The van der Waals surface area contributed by atoms with Crippen LogP contribution in [-0.2, 0) is 16.1 Å². The van der Waals surface area contributed by atoms with Gasteiger partial charge in [0.1, 0.15) is 0 Å². The van der Waals surface area contributed by atoms with Crippen molar-refractivity contribution in [2.24, 2.45) is 5.92 Å². The Morgan fingerprint density at radius 1 is 1.13 bits per heavy atom. The van der Waals surface area contributed by atoms with E-state index in [-0.39, 0.29) is 17.9 Å². The highest BCUT2D eigenvalue weighted by molar-refractivity contribution is 6.29. The summed E-state index contributed by atoms with van der Waals surface area (Å²) < 4.78 is 0. The molecule has 5 rings (SSSR count). The van der Waals surface area contributed by atoms with Gasteiger partial charge in [-0.1, -0.05) is 35.9 Å². The lowest BCUT2D eigenvalue weighted by atomic mass is 9.91. The minimum atomic E-state index is 0.0335. The number of nitrogens with one attached hydrogen (secondary N) is 1. The molecule has 0 saturated carbocycles. The van der Waals surface area contributed by atoms with Crippen molar-refractivity contribution in [2.75, 3.05) is 31.1 Å². The second-order valence-corrected chi connectivity index (χ2v) is 8.68. The van der Waals surface area contributed by atoms with E-state index in [4.69, 9.17) is 16.4 Å². The molecule has 2 fully saturated rings. The van der Waals surface area contributed by atoms with Gasteiger partial charge in [0.2, 0.25) is 5.91 Å². The van der Waals surface area contributed by atoms with E-state index in [0.717, 1.165) is 51.1 Å². The maximum atomic E-state index is 12.7. The van der Waals surface area contributed by atoms with Crippen molar-refractivity contribution in [3.05, 3.63) is 52.7 Å². The first kappa shape index (κ1) is 19.7. The summed E-state index contributed by atoms with van der Waals surface area (Å²) in [5, 5.41) is 13.7. The van der Waals surface area contributed by atoms with Crippen molar-refractivity contribution in [2.45, 2.75) is 37.8 Å². The average Bonchev–Trinajstić information content (AvgIpc) is 3.22. The zero-order chi connectivity index (χ0) is 20.5. The van der Waals surface area contributed by atoms with Crippen LogP contribution in [0.5, 0.6) is 0 Å². The van der Waals surface area contributed by atoms with Gasteiger partial charge in [0, 0.05) is 32.1 Å². The van der Waals surface area contributed by atoms with Crippen LogP contribution in [0.15, 0.2) is 36.4 Å². The minimum absolute atomic E-state index is 0.0335. The van der Waals surface area contributed by atoms with Crippen molar-refractivity contribution in [3.8, 4) is 0 Å². The smallest absolute Gasteiger partial charge is 0.223 e. The molecular formula is C22H26ClN5O2. The molecule has 3 aliphatic rings. The van der Waals surface area contributed by atoms with E-state index in [1.165, 1.54) is 11.1 Å². The average molecular weight is 428 g/mol. The lowest BCUT2D eigenvalue weighted by Crippen LogP contribution is -2.42. The van der Waals surface area contributed by atoms with Crippen LogP contribution in [0.3, 0.4) is 0 Å². The summed E-state index contributed by atoms with van der Waals surface area (Å²) >= 11 is 5.81. The molecule has 0 unspecified atom stereocenters. The number of rotatable bonds is 4. The van der Waals surface area contributed by atoms with E-state index in [0.29, 0.717) is 17.7 Å². The van der Waals surface area contributed by atoms with Gasteiger partial charge in [-0.25, -0.2) is 0 Å². The molecule has 30 heavy (non-hydrogen) atoms. The summed E-state index contributed by atoms with van der Waals surface area (Å²) in [5.74, 6) is 0.978. The molecule has 0 aliphatic carbocycles. The van der Waals surface area contributed by atoms with E-state index in [1.54, 1.807) is 6.07 Å². The number of anilines is 1. The Bertz CT molecular complexity index is 901. The van der Waals surface area contributed by atoms with Crippen molar-refractivity contribution in [1.29, 1.82) is 0 Å². The molecule has 2 saturated heterocycles. The molecule has 1 amide bonds. The van der Waals surface area contributed by atoms with Gasteiger partial charge < -0.3 is 10.2 Å². The second kappa shape index (κ2) is 8.49. The summed E-state index contributed by atoms with van der Waals surface area (Å²) in [6, 6.07) is 12.5. The number of fused-ring (bicyclic) bond motifs is 3. The van der Waals surface area contributed by atoms with Gasteiger partial charge in [-0.05, 0) is 48.9 Å². The summed E-state index contributed by atoms with van der Waals surface area (Å²) in [7, 11) is 0. The number of hydroxylamine groups is 2. The Hall–Kier alpha value is -2.22. The molecule has 0 spiro atoms. The predicted octanol–water partition coefficient (Wildman–Crippen LogP) is 2.77. The Morgan fingerprint density at radius 3 is 2.77 bits per heavy atom. The first-order chi connectivity index (χ1) is 14.7. The van der Waals surface area contributed by atoms with Crippen LogP contribution in [0, 0.1) is 5.92 Å². The van der Waals surface area contributed by atoms with Crippen LogP contribution < -0.4 is 10.2 Å². The number of piperidine rings is 1. The van der Waals surface area contributed by atoms with Crippen molar-refractivity contribution < 1.29 is 9.63 Å². The van der Waals surface area contributed by atoms with Crippen LogP contribution in [0.4, 0.5) is 5.82 Å². The van der Waals surface area contributed by atoms with Gasteiger partial charge in [0.15, 0.2) is 11.0 Å². The number of nitrogens with zero attached hydrogens (tertiary/aromatic N) is 4. The molecule has 4 heterocycles. The quantitative estimate of drug-likeness (QED) is 0.809. The van der Waals surface area contributed by atoms with Crippen molar-refractivity contribution in [1.82, 2.24) is 20.6 Å². The number of hydrogen-bond acceptors (Lipinski definition) is 6. The summed E-state index contributed by atoms with van der Waals surface area (Å²) in [6.07, 6.45) is 3.59. The van der Waals surface area contributed by atoms with Crippen LogP contribution in [0.1, 0.15) is 36.4 Å². The lowest BCUT2D eigenvalue weighted by Gasteiger charge is -2.32. The normalized spacial score (nSPS) is 24.4. The molecule has 0 radical (unpaired) electrons. The van der Waals surface area contributed by atoms with E-state index in [2.05, 4.69) is 49.7 Å². The first-order valence-electron chi connectivity index (χ1n) is 10.7. The molecule has 1 aromatic carbocycles. The summed E-state index contributed by atoms with van der Waals surface area (Å²) in [4.78, 5) is 21.0. The molecule has 1 aromatic heterocycles. The maximum Gasteiger partial charge on any atom is 0.223 e. The molecule has 0 bridgehead atoms. The van der Waals surface area contributed by atoms with Gasteiger partial charge in [0.25, 0.3) is 0 Å². The maximum absolute atomic E-state index is 12.7. The third kappa shape index (κ3) is 4.02. The van der Waals surface area contributed by atoms with Gasteiger partial charge in [-0.2, -0.15) is 5.06 Å². The number of aromatic nitrogens is 2. The molecule has 8 heteroatoms. The van der Waals surface area contributed by atoms with Gasteiger partial charge >= 0.3 is 0 Å². The van der Waals surface area contributed by atoms with Crippen molar-refractivity contribution in [3.63, 3.8) is 0 Å². The number of carbonyl (C=O) groups is 1. The highest BCUT2D eigenvalue weighted by Crippen LogP contribution is 2.38. The molecule has 3 aliphatic heterocycles. The Labute approximate surface area is 181 Å². The molecule has 2 atom stereocenters. The first-order valence-corrected chi connectivity index (χ1v) is 11.1. The number of carbonyl (C=O) groups excluding carboxylic acids is 1. The van der Waals surface area contributed by atoms with Gasteiger partial charge in [-0.3, -0.25) is 9.63 Å². The third-order valence-electron chi connectivity index (χ3n) is 6.45. The Morgan fingerprint density at radius 2 is 1.97 bits per heavy atom. The van der Waals surface area contributed by atoms with E-state index in [9.17, 15) is 4.79 Å². The molecule has 158 valence electrons. The number of halogens is 1. The topological polar surface area (TPSA) is 70.6 Å².